The summed E-state index contributed by atoms with van der Waals surface area (Å²) >= 11 is 0. The van der Waals surface area contributed by atoms with Gasteiger partial charge in [-0.15, -0.1) is 0 Å². The summed E-state index contributed by atoms with van der Waals surface area (Å²) in [7, 11) is 3.61. The van der Waals surface area contributed by atoms with Crippen LogP contribution in [0.1, 0.15) is 17.3 Å². The summed E-state index contributed by atoms with van der Waals surface area (Å²) in [6.45, 7) is 2.12. The zero-order valence-corrected chi connectivity index (χ0v) is 15.6. The molecule has 0 bridgehead atoms. The Morgan fingerprint density at radius 1 is 1.29 bits per heavy atom. The summed E-state index contributed by atoms with van der Waals surface area (Å²) in [6, 6.07) is 8.98. The number of benzene rings is 1. The standard InChI is InChI=1S/C17H25N3O3S/c1-13-8-9-16(23-5)17(11-13)24(21,22)18-12-15(19(2)3)14-7-6-10-20(14)4/h6-11,15,18H,12H2,1-5H3/t15-/m1/s1. The number of hydrogen-bond donors (Lipinski definition) is 1. The van der Waals surface area contributed by atoms with Crippen LogP contribution in [0.2, 0.25) is 0 Å². The number of sulfonamides is 1. The molecule has 1 N–H and O–H groups in total. The van der Waals surface area contributed by atoms with Crippen molar-refractivity contribution in [3.8, 4) is 5.75 Å². The van der Waals surface area contributed by atoms with Gasteiger partial charge in [-0.3, -0.25) is 4.90 Å². The van der Waals surface area contributed by atoms with Crippen molar-refractivity contribution >= 4 is 10.0 Å². The Labute approximate surface area is 144 Å². The van der Waals surface area contributed by atoms with Gasteiger partial charge in [-0.25, -0.2) is 13.1 Å². The lowest BCUT2D eigenvalue weighted by Gasteiger charge is -2.25. The molecule has 0 fully saturated rings. The number of rotatable bonds is 7. The molecule has 0 aliphatic heterocycles. The molecular formula is C17H25N3O3S. The molecule has 7 heteroatoms. The van der Waals surface area contributed by atoms with Crippen LogP contribution in [0, 0.1) is 6.92 Å². The van der Waals surface area contributed by atoms with Gasteiger partial charge in [0.05, 0.1) is 13.2 Å². The van der Waals surface area contributed by atoms with Crippen molar-refractivity contribution in [1.82, 2.24) is 14.2 Å². The lowest BCUT2D eigenvalue weighted by atomic mass is 10.2. The summed E-state index contributed by atoms with van der Waals surface area (Å²) in [4.78, 5) is 2.15. The Balaban J connectivity index is 2.26. The molecule has 0 saturated heterocycles. The summed E-state index contributed by atoms with van der Waals surface area (Å²) in [5, 5.41) is 0. The third-order valence-corrected chi connectivity index (χ3v) is 5.47. The van der Waals surface area contributed by atoms with Gasteiger partial charge in [0.1, 0.15) is 10.6 Å². The van der Waals surface area contributed by atoms with E-state index in [-0.39, 0.29) is 17.5 Å². The highest BCUT2D eigenvalue weighted by Crippen LogP contribution is 2.25. The molecule has 0 radical (unpaired) electrons. The third-order valence-electron chi connectivity index (χ3n) is 4.02. The van der Waals surface area contributed by atoms with Gasteiger partial charge in [0.2, 0.25) is 10.0 Å². The Bertz CT molecular complexity index is 797. The van der Waals surface area contributed by atoms with E-state index >= 15 is 0 Å². The number of likely N-dealkylation sites (N-methyl/N-ethyl adjacent to an activating group) is 1. The molecule has 1 aromatic heterocycles. The van der Waals surface area contributed by atoms with Crippen LogP contribution in [-0.2, 0) is 17.1 Å². The Morgan fingerprint density at radius 3 is 2.54 bits per heavy atom. The van der Waals surface area contributed by atoms with E-state index in [0.717, 1.165) is 11.3 Å². The summed E-state index contributed by atoms with van der Waals surface area (Å²) < 4.78 is 35.4. The summed E-state index contributed by atoms with van der Waals surface area (Å²) in [5.41, 5.74) is 1.90. The molecule has 0 saturated carbocycles. The maximum Gasteiger partial charge on any atom is 0.244 e. The fourth-order valence-corrected chi connectivity index (χ4v) is 3.92. The van der Waals surface area contributed by atoms with Crippen molar-refractivity contribution in [2.45, 2.75) is 17.9 Å². The van der Waals surface area contributed by atoms with Crippen molar-refractivity contribution < 1.29 is 13.2 Å². The molecule has 2 aromatic rings. The van der Waals surface area contributed by atoms with Gasteiger partial charge in [-0.05, 0) is 50.8 Å². The maximum atomic E-state index is 12.7. The van der Waals surface area contributed by atoms with Crippen molar-refractivity contribution in [3.05, 3.63) is 47.8 Å². The smallest absolute Gasteiger partial charge is 0.244 e. The van der Waals surface area contributed by atoms with E-state index in [2.05, 4.69) is 4.72 Å². The van der Waals surface area contributed by atoms with Crippen molar-refractivity contribution in [3.63, 3.8) is 0 Å². The fraction of sp³-hybridized carbons (Fsp3) is 0.412. The SMILES string of the molecule is COc1ccc(C)cc1S(=O)(=O)NC[C@H](c1cccn1C)N(C)C. The van der Waals surface area contributed by atoms with Gasteiger partial charge in [0.25, 0.3) is 0 Å². The quantitative estimate of drug-likeness (QED) is 0.828. The minimum absolute atomic E-state index is 0.0735. The summed E-state index contributed by atoms with van der Waals surface area (Å²) in [5.74, 6) is 0.341. The number of ether oxygens (including phenoxy) is 1. The van der Waals surface area contributed by atoms with Gasteiger partial charge in [-0.1, -0.05) is 6.07 Å². The number of nitrogens with one attached hydrogen (secondary N) is 1. The Kier molecular flexibility index (Phi) is 5.69. The highest BCUT2D eigenvalue weighted by Gasteiger charge is 2.23. The van der Waals surface area contributed by atoms with E-state index in [0.29, 0.717) is 5.75 Å². The minimum Gasteiger partial charge on any atom is -0.495 e. The molecule has 1 atom stereocenters. The number of aryl methyl sites for hydroxylation is 2. The molecule has 0 unspecified atom stereocenters. The molecular weight excluding hydrogens is 326 g/mol. The molecule has 24 heavy (non-hydrogen) atoms. The second-order valence-electron chi connectivity index (χ2n) is 6.03. The normalized spacial score (nSPS) is 13.2. The van der Waals surface area contributed by atoms with Crippen molar-refractivity contribution in [2.75, 3.05) is 27.7 Å². The van der Waals surface area contributed by atoms with Gasteiger partial charge in [0.15, 0.2) is 0 Å². The molecule has 1 aromatic carbocycles. The fourth-order valence-electron chi connectivity index (χ4n) is 2.63. The monoisotopic (exact) mass is 351 g/mol. The number of methoxy groups -OCH3 is 1. The van der Waals surface area contributed by atoms with Gasteiger partial charge in [-0.2, -0.15) is 0 Å². The molecule has 132 valence electrons. The van der Waals surface area contributed by atoms with Gasteiger partial charge in [0, 0.05) is 25.5 Å². The van der Waals surface area contributed by atoms with Crippen LogP contribution >= 0.6 is 0 Å². The van der Waals surface area contributed by atoms with Gasteiger partial charge >= 0.3 is 0 Å². The topological polar surface area (TPSA) is 63.6 Å². The maximum absolute atomic E-state index is 12.7. The van der Waals surface area contributed by atoms with Crippen molar-refractivity contribution in [2.24, 2.45) is 7.05 Å². The highest BCUT2D eigenvalue weighted by atomic mass is 32.2. The number of aromatic nitrogens is 1. The van der Waals surface area contributed by atoms with Gasteiger partial charge < -0.3 is 9.30 Å². The van der Waals surface area contributed by atoms with E-state index in [4.69, 9.17) is 4.74 Å². The lowest BCUT2D eigenvalue weighted by Crippen LogP contribution is -2.35. The lowest BCUT2D eigenvalue weighted by molar-refractivity contribution is 0.289. The zero-order chi connectivity index (χ0) is 17.9. The van der Waals surface area contributed by atoms with E-state index < -0.39 is 10.0 Å². The van der Waals surface area contributed by atoms with Crippen LogP contribution in [0.15, 0.2) is 41.4 Å². The molecule has 0 amide bonds. The first-order valence-corrected chi connectivity index (χ1v) is 9.16. The van der Waals surface area contributed by atoms with Crippen LogP contribution in [0.3, 0.4) is 0 Å². The highest BCUT2D eigenvalue weighted by molar-refractivity contribution is 7.89. The molecule has 6 nitrogen and oxygen atoms in total. The average molecular weight is 351 g/mol. The number of nitrogens with zero attached hydrogens (tertiary/aromatic N) is 2. The average Bonchev–Trinajstić information content (AvgIpc) is 2.93. The first-order valence-electron chi connectivity index (χ1n) is 7.68. The minimum atomic E-state index is -3.67. The first-order chi connectivity index (χ1) is 11.3. The predicted molar refractivity (Wildman–Crippen MR) is 94.8 cm³/mol. The third kappa shape index (κ3) is 3.98. The molecule has 2 rings (SSSR count). The number of hydrogen-bond acceptors (Lipinski definition) is 4. The Hall–Kier alpha value is -1.83. The van der Waals surface area contributed by atoms with E-state index in [1.807, 2.05) is 61.9 Å². The van der Waals surface area contributed by atoms with Crippen LogP contribution in [0.5, 0.6) is 5.75 Å². The predicted octanol–water partition coefficient (Wildman–Crippen LogP) is 1.92. The molecule has 0 aliphatic carbocycles. The summed E-state index contributed by atoms with van der Waals surface area (Å²) in [6.07, 6.45) is 1.95. The zero-order valence-electron chi connectivity index (χ0n) is 14.8. The Morgan fingerprint density at radius 2 is 2.00 bits per heavy atom. The largest absolute Gasteiger partial charge is 0.495 e. The molecule has 0 aliphatic rings. The van der Waals surface area contributed by atoms with E-state index in [1.165, 1.54) is 7.11 Å². The van der Waals surface area contributed by atoms with Crippen LogP contribution in [-0.4, -0.2) is 45.6 Å². The van der Waals surface area contributed by atoms with E-state index in [1.54, 1.807) is 12.1 Å². The molecule has 0 spiro atoms. The molecule has 1 heterocycles. The van der Waals surface area contributed by atoms with E-state index in [9.17, 15) is 8.42 Å². The second kappa shape index (κ2) is 7.38. The van der Waals surface area contributed by atoms with Crippen LogP contribution < -0.4 is 9.46 Å². The second-order valence-corrected chi connectivity index (χ2v) is 7.76. The van der Waals surface area contributed by atoms with Crippen LogP contribution in [0.4, 0.5) is 0 Å². The van der Waals surface area contributed by atoms with Crippen molar-refractivity contribution in [1.29, 1.82) is 0 Å². The first kappa shape index (κ1) is 18.5. The van der Waals surface area contributed by atoms with Crippen LogP contribution in [0.25, 0.3) is 0 Å².